The summed E-state index contributed by atoms with van der Waals surface area (Å²) >= 11 is 6.74. The third kappa shape index (κ3) is 4.42. The van der Waals surface area contributed by atoms with E-state index in [0.717, 1.165) is 22.6 Å². The van der Waals surface area contributed by atoms with Gasteiger partial charge in [-0.2, -0.15) is 0 Å². The highest BCUT2D eigenvalue weighted by molar-refractivity contribution is 8.27. The smallest absolute Gasteiger partial charge is 0.270 e. The SMILES string of the molecule is C[C@@H](Oc1ccc(/C=C2/SC(=S)N(c3ccccc3)C2=O)cc1)c1ccccc1. The number of rotatable bonds is 5. The van der Waals surface area contributed by atoms with E-state index in [1.807, 2.05) is 97.9 Å². The predicted octanol–water partition coefficient (Wildman–Crippen LogP) is 6.23. The number of hydrogen-bond acceptors (Lipinski definition) is 4. The normalized spacial score (nSPS) is 16.3. The Labute approximate surface area is 180 Å². The molecule has 3 nitrogen and oxygen atoms in total. The highest BCUT2D eigenvalue weighted by atomic mass is 32.2. The number of anilines is 1. The number of ether oxygens (including phenoxy) is 1. The Morgan fingerprint density at radius 3 is 2.21 bits per heavy atom. The van der Waals surface area contributed by atoms with Gasteiger partial charge in [-0.15, -0.1) is 0 Å². The molecule has 144 valence electrons. The zero-order chi connectivity index (χ0) is 20.2. The van der Waals surface area contributed by atoms with Crippen molar-refractivity contribution in [3.05, 3.63) is 101 Å². The molecule has 0 bridgehead atoms. The molecule has 0 saturated carbocycles. The van der Waals surface area contributed by atoms with E-state index in [1.165, 1.54) is 11.8 Å². The Morgan fingerprint density at radius 1 is 0.931 bits per heavy atom. The summed E-state index contributed by atoms with van der Waals surface area (Å²) in [4.78, 5) is 15.0. The first-order chi connectivity index (χ1) is 14.1. The molecule has 3 aromatic rings. The molecular weight excluding hydrogens is 398 g/mol. The summed E-state index contributed by atoms with van der Waals surface area (Å²) in [6, 6.07) is 27.3. The zero-order valence-corrected chi connectivity index (χ0v) is 17.5. The average molecular weight is 418 g/mol. The number of carbonyl (C=O) groups is 1. The number of benzene rings is 3. The maximum absolute atomic E-state index is 12.8. The van der Waals surface area contributed by atoms with E-state index in [9.17, 15) is 4.79 Å². The fourth-order valence-corrected chi connectivity index (χ4v) is 4.36. The lowest BCUT2D eigenvalue weighted by atomic mass is 10.1. The first-order valence-corrected chi connectivity index (χ1v) is 10.5. The van der Waals surface area contributed by atoms with Gasteiger partial charge in [-0.1, -0.05) is 84.6 Å². The fraction of sp³-hybridized carbons (Fsp3) is 0.0833. The number of nitrogens with zero attached hydrogens (tertiary/aromatic N) is 1. The molecule has 0 radical (unpaired) electrons. The predicted molar refractivity (Wildman–Crippen MR) is 124 cm³/mol. The Kier molecular flexibility index (Phi) is 5.79. The molecule has 1 saturated heterocycles. The van der Waals surface area contributed by atoms with Crippen LogP contribution in [0.4, 0.5) is 5.69 Å². The Morgan fingerprint density at radius 2 is 1.55 bits per heavy atom. The lowest BCUT2D eigenvalue weighted by Gasteiger charge is -2.15. The van der Waals surface area contributed by atoms with Crippen LogP contribution in [0.3, 0.4) is 0 Å². The summed E-state index contributed by atoms with van der Waals surface area (Å²) in [6.45, 7) is 2.03. The van der Waals surface area contributed by atoms with Crippen molar-refractivity contribution >= 4 is 46.0 Å². The number of thioether (sulfide) groups is 1. The second-order valence-corrected chi connectivity index (χ2v) is 8.27. The maximum Gasteiger partial charge on any atom is 0.270 e. The van der Waals surface area contributed by atoms with Crippen molar-refractivity contribution in [3.8, 4) is 5.75 Å². The second-order valence-electron chi connectivity index (χ2n) is 6.59. The van der Waals surface area contributed by atoms with Crippen LogP contribution in [0, 0.1) is 0 Å². The molecule has 29 heavy (non-hydrogen) atoms. The van der Waals surface area contributed by atoms with Crippen LogP contribution >= 0.6 is 24.0 Å². The van der Waals surface area contributed by atoms with Gasteiger partial charge in [-0.25, -0.2) is 0 Å². The third-order valence-electron chi connectivity index (χ3n) is 4.57. The summed E-state index contributed by atoms with van der Waals surface area (Å²) in [7, 11) is 0. The average Bonchev–Trinajstić information content (AvgIpc) is 3.03. The van der Waals surface area contributed by atoms with Crippen LogP contribution in [0.5, 0.6) is 5.75 Å². The number of carbonyl (C=O) groups excluding carboxylic acids is 1. The molecule has 1 atom stereocenters. The van der Waals surface area contributed by atoms with E-state index in [-0.39, 0.29) is 12.0 Å². The number of amides is 1. The number of thiocarbonyl (C=S) groups is 1. The number of para-hydroxylation sites is 1. The monoisotopic (exact) mass is 417 g/mol. The number of hydrogen-bond donors (Lipinski definition) is 0. The minimum absolute atomic E-state index is 0.0378. The molecule has 3 aromatic carbocycles. The quantitative estimate of drug-likeness (QED) is 0.363. The van der Waals surface area contributed by atoms with Crippen molar-refractivity contribution in [3.63, 3.8) is 0 Å². The van der Waals surface area contributed by atoms with Gasteiger partial charge in [-0.05, 0) is 48.4 Å². The molecule has 1 amide bonds. The van der Waals surface area contributed by atoms with Crippen LogP contribution in [0.2, 0.25) is 0 Å². The van der Waals surface area contributed by atoms with E-state index in [2.05, 4.69) is 0 Å². The van der Waals surface area contributed by atoms with Gasteiger partial charge in [0.25, 0.3) is 5.91 Å². The van der Waals surface area contributed by atoms with Gasteiger partial charge in [-0.3, -0.25) is 9.69 Å². The van der Waals surface area contributed by atoms with E-state index < -0.39 is 0 Å². The molecule has 5 heteroatoms. The first kappa shape index (κ1) is 19.4. The summed E-state index contributed by atoms with van der Waals surface area (Å²) in [6.07, 6.45) is 1.83. The van der Waals surface area contributed by atoms with Crippen LogP contribution < -0.4 is 9.64 Å². The molecule has 0 spiro atoms. The first-order valence-electron chi connectivity index (χ1n) is 9.26. The molecule has 4 rings (SSSR count). The minimum Gasteiger partial charge on any atom is -0.486 e. The standard InChI is InChI=1S/C24H19NO2S2/c1-17(19-8-4-2-5-9-19)27-21-14-12-18(13-15-21)16-22-23(26)25(24(28)29-22)20-10-6-3-7-11-20/h2-17H,1H3/b22-16+/t17-/m1/s1. The van der Waals surface area contributed by atoms with Gasteiger partial charge in [0.15, 0.2) is 4.32 Å². The Bertz CT molecular complexity index is 1050. The van der Waals surface area contributed by atoms with Crippen molar-refractivity contribution in [1.82, 2.24) is 0 Å². The van der Waals surface area contributed by atoms with Crippen molar-refractivity contribution in [2.75, 3.05) is 4.90 Å². The van der Waals surface area contributed by atoms with Crippen LogP contribution in [0.1, 0.15) is 24.2 Å². The van der Waals surface area contributed by atoms with Crippen LogP contribution in [0.15, 0.2) is 89.8 Å². The van der Waals surface area contributed by atoms with Crippen LogP contribution in [-0.4, -0.2) is 10.2 Å². The van der Waals surface area contributed by atoms with E-state index in [1.54, 1.807) is 4.90 Å². The Balaban J connectivity index is 1.48. The molecule has 0 N–H and O–H groups in total. The Hall–Kier alpha value is -2.89. The van der Waals surface area contributed by atoms with E-state index >= 15 is 0 Å². The van der Waals surface area contributed by atoms with Crippen molar-refractivity contribution in [2.45, 2.75) is 13.0 Å². The minimum atomic E-state index is -0.0933. The van der Waals surface area contributed by atoms with Gasteiger partial charge in [0.05, 0.1) is 10.6 Å². The fourth-order valence-electron chi connectivity index (χ4n) is 3.06. The largest absolute Gasteiger partial charge is 0.486 e. The van der Waals surface area contributed by atoms with Crippen molar-refractivity contribution < 1.29 is 9.53 Å². The topological polar surface area (TPSA) is 29.5 Å². The second kappa shape index (κ2) is 8.64. The third-order valence-corrected chi connectivity index (χ3v) is 5.87. The highest BCUT2D eigenvalue weighted by Crippen LogP contribution is 2.36. The summed E-state index contributed by atoms with van der Waals surface area (Å²) in [5.74, 6) is 0.694. The van der Waals surface area contributed by atoms with Gasteiger partial charge in [0.1, 0.15) is 11.9 Å². The van der Waals surface area contributed by atoms with Gasteiger partial charge < -0.3 is 4.74 Å². The molecule has 1 fully saturated rings. The van der Waals surface area contributed by atoms with Crippen LogP contribution in [-0.2, 0) is 4.79 Å². The van der Waals surface area contributed by atoms with Gasteiger partial charge in [0.2, 0.25) is 0 Å². The maximum atomic E-state index is 12.8. The summed E-state index contributed by atoms with van der Waals surface area (Å²) in [5, 5.41) is 0. The lowest BCUT2D eigenvalue weighted by molar-refractivity contribution is -0.113. The molecule has 1 aliphatic heterocycles. The van der Waals surface area contributed by atoms with Gasteiger partial charge in [0, 0.05) is 0 Å². The molecule has 0 aliphatic carbocycles. The lowest BCUT2D eigenvalue weighted by Crippen LogP contribution is -2.27. The molecular formula is C24H19NO2S2. The van der Waals surface area contributed by atoms with E-state index in [0.29, 0.717) is 9.23 Å². The summed E-state index contributed by atoms with van der Waals surface area (Å²) in [5.41, 5.74) is 2.84. The summed E-state index contributed by atoms with van der Waals surface area (Å²) < 4.78 is 6.56. The van der Waals surface area contributed by atoms with Crippen molar-refractivity contribution in [2.24, 2.45) is 0 Å². The molecule has 1 heterocycles. The van der Waals surface area contributed by atoms with Crippen LogP contribution in [0.25, 0.3) is 6.08 Å². The molecule has 0 aromatic heterocycles. The van der Waals surface area contributed by atoms with Crippen molar-refractivity contribution in [1.29, 1.82) is 0 Å². The molecule has 1 aliphatic rings. The van der Waals surface area contributed by atoms with E-state index in [4.69, 9.17) is 17.0 Å². The van der Waals surface area contributed by atoms with Gasteiger partial charge >= 0.3 is 0 Å². The molecule has 0 unspecified atom stereocenters. The zero-order valence-electron chi connectivity index (χ0n) is 15.8. The highest BCUT2D eigenvalue weighted by Gasteiger charge is 2.33.